The molecule has 2 aromatic carbocycles. The van der Waals surface area contributed by atoms with Crippen LogP contribution < -0.4 is 27.3 Å². The molecule has 4 rings (SSSR count). The first-order valence-corrected chi connectivity index (χ1v) is 11.2. The summed E-state index contributed by atoms with van der Waals surface area (Å²) < 4.78 is 4.53. The number of aliphatic hydroxyl groups is 1. The number of aliphatic hydroxyl groups excluding tert-OH is 1. The van der Waals surface area contributed by atoms with Crippen LogP contribution in [0.1, 0.15) is 48.7 Å². The molecule has 0 aliphatic heterocycles. The predicted molar refractivity (Wildman–Crippen MR) is 120 cm³/mol. The number of imidazole rings is 1. The third kappa shape index (κ3) is 4.26. The number of primary amides is 1. The van der Waals surface area contributed by atoms with Crippen LogP contribution in [-0.2, 0) is 16.8 Å². The van der Waals surface area contributed by atoms with Crippen LogP contribution in [0.3, 0.4) is 0 Å². The highest BCUT2D eigenvalue weighted by atomic mass is 79.9. The molecule has 0 unspecified atom stereocenters. The predicted octanol–water partition coefficient (Wildman–Crippen LogP) is 0.283. The lowest BCUT2D eigenvalue weighted by Gasteiger charge is -2.37. The van der Waals surface area contributed by atoms with E-state index in [2.05, 4.69) is 28.5 Å². The van der Waals surface area contributed by atoms with E-state index in [0.29, 0.717) is 6.04 Å². The van der Waals surface area contributed by atoms with Crippen LogP contribution in [0.2, 0.25) is 0 Å². The zero-order valence-corrected chi connectivity index (χ0v) is 20.1. The Morgan fingerprint density at radius 3 is 2.22 bits per heavy atom. The van der Waals surface area contributed by atoms with Gasteiger partial charge in [0.1, 0.15) is 23.9 Å². The van der Waals surface area contributed by atoms with E-state index < -0.39 is 5.41 Å². The summed E-state index contributed by atoms with van der Waals surface area (Å²) in [4.78, 5) is 13.2. The van der Waals surface area contributed by atoms with Crippen molar-refractivity contribution in [2.24, 2.45) is 11.7 Å². The molecule has 1 aliphatic rings. The smallest absolute Gasteiger partial charge is 0.253 e. The second-order valence-corrected chi connectivity index (χ2v) is 8.59. The molecule has 1 amide bonds. The molecule has 32 heavy (non-hydrogen) atoms. The van der Waals surface area contributed by atoms with Gasteiger partial charge in [0.25, 0.3) is 5.82 Å². The van der Waals surface area contributed by atoms with Crippen molar-refractivity contribution in [2.45, 2.75) is 50.6 Å². The van der Waals surface area contributed by atoms with E-state index in [1.54, 1.807) is 0 Å². The Kier molecular flexibility index (Phi) is 7.91. The van der Waals surface area contributed by atoms with Crippen LogP contribution in [-0.4, -0.2) is 22.2 Å². The second kappa shape index (κ2) is 10.5. The first-order chi connectivity index (χ1) is 15.1. The van der Waals surface area contributed by atoms with Gasteiger partial charge in [0.2, 0.25) is 5.91 Å². The Morgan fingerprint density at radius 1 is 1.09 bits per heavy atom. The Hall–Kier alpha value is -2.44. The van der Waals surface area contributed by atoms with Crippen molar-refractivity contribution in [3.8, 4) is 0 Å². The second-order valence-electron chi connectivity index (χ2n) is 8.59. The van der Waals surface area contributed by atoms with Gasteiger partial charge < -0.3 is 27.8 Å². The van der Waals surface area contributed by atoms with Crippen LogP contribution >= 0.6 is 0 Å². The van der Waals surface area contributed by atoms with E-state index in [-0.39, 0.29) is 35.4 Å². The lowest BCUT2D eigenvalue weighted by molar-refractivity contribution is -0.727. The summed E-state index contributed by atoms with van der Waals surface area (Å²) in [6.07, 6.45) is 7.81. The Morgan fingerprint density at radius 2 is 1.69 bits per heavy atom. The summed E-state index contributed by atoms with van der Waals surface area (Å²) in [5, 5.41) is 9.17. The van der Waals surface area contributed by atoms with Gasteiger partial charge in [-0.25, -0.2) is 9.13 Å². The molecule has 6 heteroatoms. The van der Waals surface area contributed by atoms with Gasteiger partial charge in [-0.2, -0.15) is 0 Å². The van der Waals surface area contributed by atoms with Crippen molar-refractivity contribution in [3.63, 3.8) is 0 Å². The summed E-state index contributed by atoms with van der Waals surface area (Å²) in [5.41, 5.74) is 7.32. The van der Waals surface area contributed by atoms with Crippen molar-refractivity contribution in [1.82, 2.24) is 4.57 Å². The maximum atomic E-state index is 13.2. The van der Waals surface area contributed by atoms with Gasteiger partial charge in [0.05, 0.1) is 6.54 Å². The molecule has 1 aromatic heterocycles. The number of hydrogen-bond donors (Lipinski definition) is 2. The summed E-state index contributed by atoms with van der Waals surface area (Å²) >= 11 is 0. The van der Waals surface area contributed by atoms with E-state index in [4.69, 9.17) is 10.8 Å². The summed E-state index contributed by atoms with van der Waals surface area (Å²) in [6.45, 7) is 3.13. The minimum Gasteiger partial charge on any atom is -1.00 e. The molecule has 3 N–H and O–H groups in total. The number of nitrogens with zero attached hydrogens (tertiary/aromatic N) is 2. The van der Waals surface area contributed by atoms with Gasteiger partial charge in [-0.15, -0.1) is 0 Å². The van der Waals surface area contributed by atoms with Gasteiger partial charge in [-0.3, -0.25) is 4.79 Å². The topological polar surface area (TPSA) is 72.1 Å². The van der Waals surface area contributed by atoms with Crippen LogP contribution in [0.15, 0.2) is 73.1 Å². The van der Waals surface area contributed by atoms with Crippen LogP contribution in [0.5, 0.6) is 0 Å². The van der Waals surface area contributed by atoms with Crippen LogP contribution in [0.4, 0.5) is 0 Å². The van der Waals surface area contributed by atoms with Gasteiger partial charge in [-0.1, -0.05) is 60.7 Å². The number of halogens is 1. The van der Waals surface area contributed by atoms with Crippen LogP contribution in [0.25, 0.3) is 0 Å². The molecule has 1 heterocycles. The molecular weight excluding hydrogens is 466 g/mol. The largest absolute Gasteiger partial charge is 1.00 e. The van der Waals surface area contributed by atoms with Crippen molar-refractivity contribution >= 4 is 5.91 Å². The first kappa shape index (κ1) is 24.2. The van der Waals surface area contributed by atoms with Gasteiger partial charge in [0, 0.05) is 20.0 Å². The Labute approximate surface area is 200 Å². The number of aromatic nitrogens is 2. The fraction of sp³-hybridized carbons (Fsp3) is 0.385. The lowest BCUT2D eigenvalue weighted by Crippen LogP contribution is -3.00. The maximum Gasteiger partial charge on any atom is 0.253 e. The monoisotopic (exact) mass is 497 g/mol. The molecule has 3 aromatic rings. The van der Waals surface area contributed by atoms with E-state index in [1.807, 2.05) is 60.7 Å². The summed E-state index contributed by atoms with van der Waals surface area (Å²) in [6, 6.07) is 20.4. The third-order valence-electron chi connectivity index (χ3n) is 7.01. The number of aryl methyl sites for hydroxylation is 1. The number of benzene rings is 2. The molecule has 170 valence electrons. The molecule has 5 nitrogen and oxygen atoms in total. The number of rotatable bonds is 8. The first-order valence-electron chi connectivity index (χ1n) is 11.2. The van der Waals surface area contributed by atoms with E-state index >= 15 is 0 Å². The van der Waals surface area contributed by atoms with E-state index in [1.165, 1.54) is 5.82 Å². The highest BCUT2D eigenvalue weighted by Crippen LogP contribution is 2.48. The average molecular weight is 498 g/mol. The Bertz CT molecular complexity index is 981. The number of carbonyl (C=O) groups excluding carboxylic acids is 1. The highest BCUT2D eigenvalue weighted by molar-refractivity contribution is 5.91. The molecule has 1 saturated carbocycles. The normalized spacial score (nSPS) is 18.3. The van der Waals surface area contributed by atoms with Gasteiger partial charge in [0.15, 0.2) is 0 Å². The highest BCUT2D eigenvalue weighted by Gasteiger charge is 2.51. The lowest BCUT2D eigenvalue weighted by atomic mass is 9.64. The van der Waals surface area contributed by atoms with E-state index in [9.17, 15) is 4.79 Å². The minimum absolute atomic E-state index is 0. The zero-order valence-electron chi connectivity index (χ0n) is 18.5. The molecule has 2 atom stereocenters. The standard InChI is InChI=1S/C26H31N3O2.BrH/c1-20-28(15-8-18-30)16-17-29(20)24-14-13-23(19-24)26(25(27)31,21-9-4-2-5-10-21)22-11-6-3-7-12-22;/h2-7,9-12,16-17,23-24,30H,8,13-15,18-19H2,1H3,(H-,27,31);1H/t23-,24+;/m1./s1. The number of nitrogens with two attached hydrogens (primary N) is 1. The molecule has 1 fully saturated rings. The molecule has 1 aliphatic carbocycles. The molecule has 0 spiro atoms. The number of hydrogen-bond acceptors (Lipinski definition) is 2. The van der Waals surface area contributed by atoms with Crippen LogP contribution in [0, 0.1) is 12.8 Å². The van der Waals surface area contributed by atoms with Crippen molar-refractivity contribution < 1.29 is 31.4 Å². The summed E-state index contributed by atoms with van der Waals surface area (Å²) in [5.74, 6) is 1.02. The third-order valence-corrected chi connectivity index (χ3v) is 7.01. The van der Waals surface area contributed by atoms with Crippen molar-refractivity contribution in [3.05, 3.63) is 90.0 Å². The zero-order chi connectivity index (χ0) is 21.8. The fourth-order valence-corrected chi connectivity index (χ4v) is 5.51. The average Bonchev–Trinajstić information content (AvgIpc) is 3.41. The molecular formula is C26H32BrN3O2. The number of carbonyl (C=O) groups is 1. The summed E-state index contributed by atoms with van der Waals surface area (Å²) in [7, 11) is 0. The number of amides is 1. The molecule has 0 bridgehead atoms. The quantitative estimate of drug-likeness (QED) is 0.439. The molecule has 0 radical (unpaired) electrons. The van der Waals surface area contributed by atoms with E-state index in [0.717, 1.165) is 43.4 Å². The van der Waals surface area contributed by atoms with Gasteiger partial charge in [-0.05, 0) is 36.3 Å². The fourth-order valence-electron chi connectivity index (χ4n) is 5.51. The van der Waals surface area contributed by atoms with Gasteiger partial charge >= 0.3 is 0 Å². The minimum atomic E-state index is -0.842. The SMILES string of the molecule is Cc1n(CCCO)cc[n+]1[C@H]1CC[C@@H](C(C(N)=O)(c2ccccc2)c2ccccc2)C1.[Br-]. The molecule has 0 saturated heterocycles. The Balaban J connectivity index is 0.00000289. The van der Waals surface area contributed by atoms with Crippen molar-refractivity contribution in [1.29, 1.82) is 0 Å². The van der Waals surface area contributed by atoms with Crippen molar-refractivity contribution in [2.75, 3.05) is 6.61 Å². The maximum absolute atomic E-state index is 13.2.